The van der Waals surface area contributed by atoms with Gasteiger partial charge in [-0.3, -0.25) is 4.90 Å². The molecule has 0 saturated heterocycles. The Balaban J connectivity index is 1.67. The van der Waals surface area contributed by atoms with Crippen molar-refractivity contribution in [2.75, 3.05) is 27.2 Å². The lowest BCUT2D eigenvalue weighted by Crippen LogP contribution is -2.27. The summed E-state index contributed by atoms with van der Waals surface area (Å²) in [5, 5.41) is 0. The first-order valence-corrected chi connectivity index (χ1v) is 7.87. The molecule has 1 aromatic heterocycles. The van der Waals surface area contributed by atoms with Crippen molar-refractivity contribution in [3.05, 3.63) is 53.1 Å². The number of fused-ring (bicyclic) bond motifs is 1. The number of benzene rings is 1. The van der Waals surface area contributed by atoms with Gasteiger partial charge in [-0.25, -0.2) is 13.8 Å². The normalized spacial score (nSPS) is 15.7. The lowest BCUT2D eigenvalue weighted by molar-refractivity contribution is 0.269. The van der Waals surface area contributed by atoms with E-state index in [-0.39, 0.29) is 0 Å². The molecular weight excluding hydrogens is 298 g/mol. The second-order valence-electron chi connectivity index (χ2n) is 6.33. The molecule has 124 valence electrons. The van der Waals surface area contributed by atoms with Crippen LogP contribution in [0.2, 0.25) is 0 Å². The minimum absolute atomic E-state index is 0.630. The lowest BCUT2D eigenvalue weighted by Gasteiger charge is -2.20. The standard InChI is InChI=1S/C17H22F2N4/c1-21(2)12-14-10-20-17-5-6-22(7-8-23(14)17)11-13-3-4-15(18)16(19)9-13/h3-4,9-10H,5-8,11-12H2,1-2H3. The van der Waals surface area contributed by atoms with Crippen LogP contribution in [0.25, 0.3) is 0 Å². The van der Waals surface area contributed by atoms with Crippen LogP contribution in [0.5, 0.6) is 0 Å². The van der Waals surface area contributed by atoms with Gasteiger partial charge in [-0.05, 0) is 31.8 Å². The van der Waals surface area contributed by atoms with Gasteiger partial charge in [0.1, 0.15) is 5.82 Å². The van der Waals surface area contributed by atoms with Gasteiger partial charge in [-0.15, -0.1) is 0 Å². The highest BCUT2D eigenvalue weighted by molar-refractivity contribution is 5.18. The molecule has 0 saturated carbocycles. The fourth-order valence-electron chi connectivity index (χ4n) is 3.04. The van der Waals surface area contributed by atoms with Crippen LogP contribution in [0, 0.1) is 11.6 Å². The van der Waals surface area contributed by atoms with Crippen molar-refractivity contribution in [2.24, 2.45) is 0 Å². The van der Waals surface area contributed by atoms with E-state index >= 15 is 0 Å². The lowest BCUT2D eigenvalue weighted by atomic mass is 10.2. The van der Waals surface area contributed by atoms with E-state index in [1.807, 2.05) is 20.3 Å². The fourth-order valence-corrected chi connectivity index (χ4v) is 3.04. The molecule has 0 spiro atoms. The van der Waals surface area contributed by atoms with Crippen molar-refractivity contribution in [1.29, 1.82) is 0 Å². The monoisotopic (exact) mass is 320 g/mol. The number of hydrogen-bond donors (Lipinski definition) is 0. The first kappa shape index (κ1) is 16.1. The predicted octanol–water partition coefficient (Wildman–Crippen LogP) is 2.28. The Morgan fingerprint density at radius 1 is 1.13 bits per heavy atom. The van der Waals surface area contributed by atoms with Crippen molar-refractivity contribution >= 4 is 0 Å². The van der Waals surface area contributed by atoms with Gasteiger partial charge in [-0.2, -0.15) is 0 Å². The maximum absolute atomic E-state index is 13.3. The summed E-state index contributed by atoms with van der Waals surface area (Å²) in [4.78, 5) is 8.93. The molecule has 23 heavy (non-hydrogen) atoms. The second kappa shape index (κ2) is 6.76. The third kappa shape index (κ3) is 3.76. The maximum atomic E-state index is 13.3. The van der Waals surface area contributed by atoms with E-state index in [4.69, 9.17) is 0 Å². The number of aromatic nitrogens is 2. The highest BCUT2D eigenvalue weighted by Gasteiger charge is 2.18. The Hall–Kier alpha value is -1.79. The number of nitrogens with zero attached hydrogens (tertiary/aromatic N) is 4. The molecule has 0 unspecified atom stereocenters. The number of rotatable bonds is 4. The van der Waals surface area contributed by atoms with Gasteiger partial charge in [0.05, 0.1) is 5.69 Å². The van der Waals surface area contributed by atoms with Crippen LogP contribution in [0.1, 0.15) is 17.1 Å². The van der Waals surface area contributed by atoms with Gasteiger partial charge in [0.15, 0.2) is 11.6 Å². The van der Waals surface area contributed by atoms with Gasteiger partial charge < -0.3 is 9.47 Å². The topological polar surface area (TPSA) is 24.3 Å². The largest absolute Gasteiger partial charge is 0.329 e. The van der Waals surface area contributed by atoms with Crippen molar-refractivity contribution in [3.8, 4) is 0 Å². The van der Waals surface area contributed by atoms with Crippen molar-refractivity contribution in [2.45, 2.75) is 26.1 Å². The van der Waals surface area contributed by atoms with E-state index in [0.717, 1.165) is 44.0 Å². The quantitative estimate of drug-likeness (QED) is 0.864. The van der Waals surface area contributed by atoms with Gasteiger partial charge in [0.25, 0.3) is 0 Å². The van der Waals surface area contributed by atoms with Crippen LogP contribution in [0.4, 0.5) is 8.78 Å². The zero-order valence-corrected chi connectivity index (χ0v) is 13.6. The Labute approximate surface area is 135 Å². The summed E-state index contributed by atoms with van der Waals surface area (Å²) in [7, 11) is 4.10. The highest BCUT2D eigenvalue weighted by Crippen LogP contribution is 2.16. The summed E-state index contributed by atoms with van der Waals surface area (Å²) in [5.41, 5.74) is 2.02. The predicted molar refractivity (Wildman–Crippen MR) is 85.0 cm³/mol. The van der Waals surface area contributed by atoms with Crippen LogP contribution < -0.4 is 0 Å². The molecule has 2 aromatic rings. The van der Waals surface area contributed by atoms with Crippen LogP contribution in [-0.4, -0.2) is 46.5 Å². The molecule has 0 amide bonds. The van der Waals surface area contributed by atoms with Crippen LogP contribution in [-0.2, 0) is 26.1 Å². The van der Waals surface area contributed by atoms with Crippen LogP contribution >= 0.6 is 0 Å². The average molecular weight is 320 g/mol. The molecule has 0 atom stereocenters. The van der Waals surface area contributed by atoms with E-state index in [2.05, 4.69) is 19.4 Å². The number of hydrogen-bond acceptors (Lipinski definition) is 3. The number of imidazole rings is 1. The van der Waals surface area contributed by atoms with Crippen molar-refractivity contribution in [3.63, 3.8) is 0 Å². The van der Waals surface area contributed by atoms with Gasteiger partial charge in [0.2, 0.25) is 0 Å². The second-order valence-corrected chi connectivity index (χ2v) is 6.33. The third-order valence-corrected chi connectivity index (χ3v) is 4.18. The van der Waals surface area contributed by atoms with Gasteiger partial charge in [-0.1, -0.05) is 6.07 Å². The van der Waals surface area contributed by atoms with E-state index in [1.54, 1.807) is 6.07 Å². The van der Waals surface area contributed by atoms with E-state index in [9.17, 15) is 8.78 Å². The molecule has 3 rings (SSSR count). The minimum atomic E-state index is -0.793. The molecule has 0 aliphatic carbocycles. The molecule has 2 heterocycles. The Kier molecular flexibility index (Phi) is 4.73. The molecule has 4 nitrogen and oxygen atoms in total. The van der Waals surface area contributed by atoms with E-state index < -0.39 is 11.6 Å². The van der Waals surface area contributed by atoms with E-state index in [1.165, 1.54) is 17.8 Å². The summed E-state index contributed by atoms with van der Waals surface area (Å²) in [6.07, 6.45) is 2.83. The minimum Gasteiger partial charge on any atom is -0.329 e. The van der Waals surface area contributed by atoms with Gasteiger partial charge >= 0.3 is 0 Å². The van der Waals surface area contributed by atoms with Gasteiger partial charge in [0, 0.05) is 45.3 Å². The Morgan fingerprint density at radius 3 is 2.70 bits per heavy atom. The van der Waals surface area contributed by atoms with Crippen LogP contribution in [0.3, 0.4) is 0 Å². The maximum Gasteiger partial charge on any atom is 0.159 e. The molecule has 6 heteroatoms. The summed E-state index contributed by atoms with van der Waals surface area (Å²) in [5.74, 6) is -0.466. The summed E-state index contributed by atoms with van der Waals surface area (Å²) < 4.78 is 28.6. The Bertz CT molecular complexity index is 681. The zero-order valence-electron chi connectivity index (χ0n) is 13.6. The highest BCUT2D eigenvalue weighted by atomic mass is 19.2. The fraction of sp³-hybridized carbons (Fsp3) is 0.471. The summed E-state index contributed by atoms with van der Waals surface area (Å²) >= 11 is 0. The molecule has 0 N–H and O–H groups in total. The van der Waals surface area contributed by atoms with Crippen LogP contribution in [0.15, 0.2) is 24.4 Å². The molecule has 0 radical (unpaired) electrons. The SMILES string of the molecule is CN(C)Cc1cnc2n1CCN(Cc1ccc(F)c(F)c1)CC2. The molecular formula is C17H22F2N4. The summed E-state index contributed by atoms with van der Waals surface area (Å²) in [6, 6.07) is 4.14. The third-order valence-electron chi connectivity index (χ3n) is 4.18. The first-order chi connectivity index (χ1) is 11.0. The smallest absolute Gasteiger partial charge is 0.159 e. The molecule has 0 fully saturated rings. The molecule has 1 aliphatic heterocycles. The number of halogens is 2. The Morgan fingerprint density at radius 2 is 1.96 bits per heavy atom. The molecule has 1 aliphatic rings. The van der Waals surface area contributed by atoms with Crippen molar-refractivity contribution < 1.29 is 8.78 Å². The average Bonchev–Trinajstić information content (AvgIpc) is 2.75. The van der Waals surface area contributed by atoms with E-state index in [0.29, 0.717) is 6.54 Å². The molecule has 1 aromatic carbocycles. The molecule has 0 bridgehead atoms. The first-order valence-electron chi connectivity index (χ1n) is 7.87. The summed E-state index contributed by atoms with van der Waals surface area (Å²) in [6.45, 7) is 4.13. The van der Waals surface area contributed by atoms with Crippen molar-refractivity contribution in [1.82, 2.24) is 19.4 Å². The zero-order chi connectivity index (χ0) is 16.4.